The lowest BCUT2D eigenvalue weighted by Crippen LogP contribution is -2.33. The summed E-state index contributed by atoms with van der Waals surface area (Å²) in [5.74, 6) is 0.991. The average molecular weight is 414 g/mol. The fourth-order valence-electron chi connectivity index (χ4n) is 4.31. The zero-order chi connectivity index (χ0) is 20.9. The lowest BCUT2D eigenvalue weighted by molar-refractivity contribution is 0.0495. The molecule has 3 rings (SSSR count). The highest BCUT2D eigenvalue weighted by molar-refractivity contribution is 7.49. The first-order valence-electron chi connectivity index (χ1n) is 10.8. The maximum Gasteiger partial charge on any atom is 0.188 e. The van der Waals surface area contributed by atoms with Gasteiger partial charge in [0.2, 0.25) is 0 Å². The number of para-hydroxylation sites is 1. The van der Waals surface area contributed by atoms with Crippen molar-refractivity contribution in [2.75, 3.05) is 31.9 Å². The molecule has 2 aromatic rings. The van der Waals surface area contributed by atoms with Crippen LogP contribution in [-0.4, -0.2) is 27.0 Å². The van der Waals surface area contributed by atoms with Crippen molar-refractivity contribution in [3.63, 3.8) is 0 Å². The van der Waals surface area contributed by atoms with Crippen molar-refractivity contribution in [3.05, 3.63) is 53.1 Å². The molecule has 0 bridgehead atoms. The Balaban J connectivity index is 2.00. The molecule has 0 spiro atoms. The Morgan fingerprint density at radius 2 is 1.79 bits per heavy atom. The number of ether oxygens (including phenoxy) is 2. The predicted molar refractivity (Wildman–Crippen MR) is 127 cm³/mol. The van der Waals surface area contributed by atoms with E-state index in [9.17, 15) is 0 Å². The molecular weight excluding hydrogens is 377 g/mol. The van der Waals surface area contributed by atoms with Crippen LogP contribution in [-0.2, 0) is 9.89 Å². The second-order valence-electron chi connectivity index (χ2n) is 8.38. The number of hydrogen-bond donors (Lipinski definition) is 0. The fraction of sp³-hybridized carbons (Fsp3) is 0.520. The third-order valence-corrected chi connectivity index (χ3v) is 7.92. The van der Waals surface area contributed by atoms with Gasteiger partial charge in [-0.25, -0.2) is 0 Å². The van der Waals surface area contributed by atoms with Crippen molar-refractivity contribution < 1.29 is 9.47 Å². The molecule has 1 heterocycles. The molecule has 0 aromatic heterocycles. The maximum absolute atomic E-state index is 6.08. The molecule has 2 aromatic carbocycles. The molecule has 0 radical (unpaired) electrons. The molecule has 4 heteroatoms. The van der Waals surface area contributed by atoms with Crippen LogP contribution in [0, 0.1) is 13.8 Å². The molecule has 1 aliphatic rings. The van der Waals surface area contributed by atoms with E-state index in [2.05, 4.69) is 69.0 Å². The Morgan fingerprint density at radius 3 is 2.48 bits per heavy atom. The van der Waals surface area contributed by atoms with Crippen molar-refractivity contribution in [3.8, 4) is 5.75 Å². The molecule has 1 aliphatic heterocycles. The summed E-state index contributed by atoms with van der Waals surface area (Å²) in [6, 6.07) is 13.5. The number of aryl methyl sites for hydroxylation is 2. The highest BCUT2D eigenvalue weighted by atomic mass is 31.1. The van der Waals surface area contributed by atoms with Crippen LogP contribution in [0.25, 0.3) is 0 Å². The van der Waals surface area contributed by atoms with Crippen molar-refractivity contribution in [2.45, 2.75) is 58.5 Å². The van der Waals surface area contributed by atoms with Gasteiger partial charge in [-0.3, -0.25) is 0 Å². The summed E-state index contributed by atoms with van der Waals surface area (Å²) in [4.78, 5) is 2.59. The van der Waals surface area contributed by atoms with Gasteiger partial charge < -0.3 is 14.4 Å². The molecule has 0 amide bonds. The van der Waals surface area contributed by atoms with Gasteiger partial charge in [0.15, 0.2) is 6.79 Å². The van der Waals surface area contributed by atoms with Gasteiger partial charge in [-0.15, -0.1) is 0 Å². The number of methoxy groups -OCH3 is 1. The standard InChI is InChI=1S/C25H36NO2P/c1-6-25(4,21-17-19(2)16-20(3)24(21)28-18-27-5)29-23-13-9-8-12-22(23)26-14-10-7-11-15-26/h8-9,12-13,16-17,29H,6-7,10-11,14-15,18H2,1-5H3. The van der Waals surface area contributed by atoms with Gasteiger partial charge in [0.05, 0.1) is 0 Å². The molecule has 0 saturated carbocycles. The Hall–Kier alpha value is -1.57. The molecule has 0 aliphatic carbocycles. The highest BCUT2D eigenvalue weighted by Gasteiger charge is 2.31. The van der Waals surface area contributed by atoms with Crippen LogP contribution >= 0.6 is 8.58 Å². The van der Waals surface area contributed by atoms with Crippen LogP contribution in [0.15, 0.2) is 36.4 Å². The summed E-state index contributed by atoms with van der Waals surface area (Å²) in [7, 11) is 2.36. The normalized spacial score (nSPS) is 16.9. The quantitative estimate of drug-likeness (QED) is 0.397. The van der Waals surface area contributed by atoms with Crippen molar-refractivity contribution in [1.29, 1.82) is 0 Å². The van der Waals surface area contributed by atoms with Gasteiger partial charge in [0, 0.05) is 36.6 Å². The second-order valence-corrected chi connectivity index (χ2v) is 10.3. The summed E-state index contributed by atoms with van der Waals surface area (Å²) in [6.07, 6.45) is 5.02. The van der Waals surface area contributed by atoms with E-state index in [1.807, 2.05) is 0 Å². The minimum absolute atomic E-state index is 0.0196. The van der Waals surface area contributed by atoms with Gasteiger partial charge in [0.1, 0.15) is 5.75 Å². The van der Waals surface area contributed by atoms with Gasteiger partial charge in [-0.2, -0.15) is 0 Å². The lowest BCUT2D eigenvalue weighted by atomic mass is 9.92. The Labute approximate surface area is 178 Å². The Kier molecular flexibility index (Phi) is 7.60. The number of anilines is 1. The van der Waals surface area contributed by atoms with E-state index in [1.54, 1.807) is 7.11 Å². The maximum atomic E-state index is 6.08. The number of nitrogens with zero attached hydrogens (tertiary/aromatic N) is 1. The van der Waals surface area contributed by atoms with Crippen LogP contribution in [0.4, 0.5) is 5.69 Å². The van der Waals surface area contributed by atoms with E-state index in [0.29, 0.717) is 8.58 Å². The van der Waals surface area contributed by atoms with Crippen molar-refractivity contribution in [1.82, 2.24) is 0 Å². The van der Waals surface area contributed by atoms with Gasteiger partial charge in [0.25, 0.3) is 0 Å². The number of rotatable bonds is 8. The SMILES string of the molecule is CCC(C)(Pc1ccccc1N1CCCCC1)c1cc(C)cc(C)c1OCOC. The van der Waals surface area contributed by atoms with Crippen LogP contribution in [0.5, 0.6) is 5.75 Å². The third kappa shape index (κ3) is 5.13. The lowest BCUT2D eigenvalue weighted by Gasteiger charge is -2.35. The van der Waals surface area contributed by atoms with Gasteiger partial charge in [-0.05, 0) is 56.5 Å². The summed E-state index contributed by atoms with van der Waals surface area (Å²) in [5.41, 5.74) is 5.21. The van der Waals surface area contributed by atoms with E-state index in [-0.39, 0.29) is 11.9 Å². The average Bonchev–Trinajstić information content (AvgIpc) is 2.73. The van der Waals surface area contributed by atoms with E-state index in [4.69, 9.17) is 9.47 Å². The molecule has 158 valence electrons. The largest absolute Gasteiger partial charge is 0.467 e. The number of piperidine rings is 1. The van der Waals surface area contributed by atoms with Gasteiger partial charge in [-0.1, -0.05) is 58.3 Å². The van der Waals surface area contributed by atoms with E-state index in [1.165, 1.54) is 60.0 Å². The van der Waals surface area contributed by atoms with Crippen molar-refractivity contribution in [2.24, 2.45) is 0 Å². The van der Waals surface area contributed by atoms with Crippen LogP contribution in [0.1, 0.15) is 56.2 Å². The van der Waals surface area contributed by atoms with Crippen LogP contribution < -0.4 is 14.9 Å². The summed E-state index contributed by atoms with van der Waals surface area (Å²) in [5, 5.41) is 1.49. The minimum Gasteiger partial charge on any atom is -0.467 e. The summed E-state index contributed by atoms with van der Waals surface area (Å²) in [6.45, 7) is 11.6. The Bertz CT molecular complexity index is 816. The molecule has 2 atom stereocenters. The van der Waals surface area contributed by atoms with E-state index in [0.717, 1.165) is 12.2 Å². The molecule has 3 nitrogen and oxygen atoms in total. The molecule has 2 unspecified atom stereocenters. The van der Waals surface area contributed by atoms with Crippen molar-refractivity contribution >= 4 is 19.6 Å². The third-order valence-electron chi connectivity index (χ3n) is 6.05. The minimum atomic E-state index is 0.0196. The second kappa shape index (κ2) is 9.96. The predicted octanol–water partition coefficient (Wildman–Crippen LogP) is 5.91. The zero-order valence-corrected chi connectivity index (χ0v) is 19.7. The number of hydrogen-bond acceptors (Lipinski definition) is 3. The van der Waals surface area contributed by atoms with E-state index >= 15 is 0 Å². The highest BCUT2D eigenvalue weighted by Crippen LogP contribution is 2.49. The molecule has 0 N–H and O–H groups in total. The Morgan fingerprint density at radius 1 is 1.07 bits per heavy atom. The fourth-order valence-corrected chi connectivity index (χ4v) is 5.95. The summed E-state index contributed by atoms with van der Waals surface area (Å²) < 4.78 is 11.3. The monoisotopic (exact) mass is 413 g/mol. The first-order chi connectivity index (χ1) is 14.0. The summed E-state index contributed by atoms with van der Waals surface area (Å²) >= 11 is 0. The first kappa shape index (κ1) is 22.1. The number of benzene rings is 2. The van der Waals surface area contributed by atoms with Crippen LogP contribution in [0.3, 0.4) is 0 Å². The zero-order valence-electron chi connectivity index (χ0n) is 18.7. The molecule has 1 saturated heterocycles. The van der Waals surface area contributed by atoms with Gasteiger partial charge >= 0.3 is 0 Å². The smallest absolute Gasteiger partial charge is 0.188 e. The topological polar surface area (TPSA) is 21.7 Å². The molecule has 29 heavy (non-hydrogen) atoms. The molecule has 1 fully saturated rings. The van der Waals surface area contributed by atoms with E-state index < -0.39 is 0 Å². The van der Waals surface area contributed by atoms with Crippen LogP contribution in [0.2, 0.25) is 0 Å². The molecular formula is C25H36NO2P. The first-order valence-corrected chi connectivity index (χ1v) is 11.8.